The smallest absolute Gasteiger partial charge is 0.329 e. The quantitative estimate of drug-likeness (QED) is 0.0115. The molecule has 6 aliphatic heterocycles. The zero-order valence-corrected chi connectivity index (χ0v) is 84.9. The maximum Gasteiger partial charge on any atom is 0.329 e. The van der Waals surface area contributed by atoms with Crippen molar-refractivity contribution in [3.63, 3.8) is 0 Å². The molecular weight excluding hydrogens is 1830 g/mol. The van der Waals surface area contributed by atoms with E-state index in [4.69, 9.17) is 58.9 Å². The number of rotatable bonds is 28. The van der Waals surface area contributed by atoms with Crippen LogP contribution in [0.2, 0.25) is 0 Å². The third-order valence-electron chi connectivity index (χ3n) is 28.9. The maximum absolute atomic E-state index is 14.7. The van der Waals surface area contributed by atoms with Gasteiger partial charge in [0, 0.05) is 199 Å². The van der Waals surface area contributed by atoms with Gasteiger partial charge >= 0.3 is 11.9 Å². The van der Waals surface area contributed by atoms with Gasteiger partial charge in [-0.2, -0.15) is 10.1 Å². The van der Waals surface area contributed by atoms with Gasteiger partial charge < -0.3 is 98.9 Å². The number of piperidine rings is 1. The number of aromatic nitrogens is 9. The Morgan fingerprint density at radius 2 is 1.43 bits per heavy atom. The molecule has 0 unspecified atom stereocenters. The van der Waals surface area contributed by atoms with Crippen LogP contribution in [0.3, 0.4) is 0 Å². The van der Waals surface area contributed by atoms with Crippen molar-refractivity contribution < 1.29 is 96.0 Å². The van der Waals surface area contributed by atoms with E-state index in [1.165, 1.54) is 23.9 Å². The summed E-state index contributed by atoms with van der Waals surface area (Å²) in [4.78, 5) is 151. The number of anilines is 4. The number of nitrogens with zero attached hydrogens (tertiary/aromatic N) is 15. The van der Waals surface area contributed by atoms with Crippen LogP contribution >= 0.6 is 0 Å². The molecule has 7 aliphatic rings. The van der Waals surface area contributed by atoms with Crippen LogP contribution in [0.1, 0.15) is 191 Å². The minimum Gasteiger partial charge on any atom is -0.460 e. The Bertz CT molecular complexity index is 5580. The first-order chi connectivity index (χ1) is 68.7. The number of oxazole rings is 1. The Hall–Kier alpha value is -11.3. The van der Waals surface area contributed by atoms with E-state index in [1.807, 2.05) is 85.9 Å². The molecule has 3 amide bonds. The Balaban J connectivity index is 0.000000272. The first-order valence-corrected chi connectivity index (χ1v) is 50.6. The molecule has 4 saturated heterocycles. The van der Waals surface area contributed by atoms with E-state index < -0.39 is 96.1 Å². The van der Waals surface area contributed by atoms with Crippen molar-refractivity contribution in [1.29, 1.82) is 0 Å². The number of Topliss-reactive ketones (excluding diaryl/α,β-unsaturated/α-hetero) is 3. The lowest BCUT2D eigenvalue weighted by Crippen LogP contribution is -2.61. The average Bonchev–Trinajstić information content (AvgIpc) is 1.29. The summed E-state index contributed by atoms with van der Waals surface area (Å²) in [5.41, 5.74) is 21.3. The SMILES string of the molecule is CC(=O)CCOCCN1CCN(c2ncc(C(=O)N3CCc4cc(Cn5nc(-c6ccc7oc(N)nc7c6)c6c(N)ncnc65)ccc4C3)cn2)CC1.CO[C@H]1C[C@@H]2CC[C@@H](C)[C@@](O)(O2)C(=O)C(=O)N2CCCC[C@H]2C(=O)O[C@H]([C@H](C)C[C@@H]2CC[C@@H](OC(=O)CCCOCCC(=O)NCc3cnc(N4CCN(C)CC4)nc3)[C@H](OC)C2)C[C@@H](O)[C@H](C)/C=C(\C)[C@@H](O)[C@@H](OC)C(=O)[C@H](C)C[C@H](C)/C=C/C=C/C=C/1C. The number of ketones is 3. The van der Waals surface area contributed by atoms with E-state index in [2.05, 4.69) is 85.1 Å². The van der Waals surface area contributed by atoms with Crippen molar-refractivity contribution >= 4 is 92.9 Å². The summed E-state index contributed by atoms with van der Waals surface area (Å²) in [6.45, 7) is 25.6. The van der Waals surface area contributed by atoms with Crippen LogP contribution in [0.25, 0.3) is 33.4 Å². The number of nitrogens with one attached hydrogen (secondary N) is 1. The molecule has 8 N–H and O–H groups in total. The summed E-state index contributed by atoms with van der Waals surface area (Å²) in [5.74, 6) is -6.64. The second-order valence-electron chi connectivity index (χ2n) is 39.6. The summed E-state index contributed by atoms with van der Waals surface area (Å²) in [7, 11) is 6.63. The lowest BCUT2D eigenvalue weighted by atomic mass is 9.78. The maximum atomic E-state index is 14.7. The number of nitrogen functional groups attached to an aromatic ring is 2. The standard InChI is InChI=1S/C68H106N6O16.C37H40N12O4/c1-43-18-13-12-14-19-44(2)56(84-9)38-52-24-22-49(7)68(83,90-52)64(80)65(81)74-27-16-15-20-53(74)66(82)89-57(39-54(75)45(3)35-48(6)62(79)63(86-11)61(78)47(5)34-43)46(4)36-50-23-25-55(58(37-50)85-10)88-60(77)21-17-32-87-33-26-59(76)69-40-51-41-70-67(71-42-51)73-30-28-72(8)29-31-73;1-23(50)7-14-52-15-13-46-9-11-47(12-10-46)37-40-18-28(19-41-37)35(51)48-8-6-25-16-24(2-3-27(25)21-48)20-49-34-31(33(38)42-22-43-34)32(45-49)26-4-5-30-29(17-26)44-36(39)53-30/h12-14,18-19,35,41-43,45-47,49-50,52-58,62-63,75,79,83H,15-17,20-34,36-40H2,1-11H3,(H,69,76);2-5,16-19,22H,6-15,20-21H2,1H3,(H2,39,44)(H2,38,42,43)/b14-12+,18-13+,44-19+,48-35+;/t43-,45-,46-,47-,49-,50+,52+,53+,54-,55-,56+,57+,58-,62-,63+,68-;/m1./s1. The van der Waals surface area contributed by atoms with E-state index in [0.717, 1.165) is 93.2 Å². The lowest BCUT2D eigenvalue weighted by molar-refractivity contribution is -0.265. The predicted molar refractivity (Wildman–Crippen MR) is 536 cm³/mol. The molecule has 1 saturated carbocycles. The summed E-state index contributed by atoms with van der Waals surface area (Å²) in [6, 6.07) is 10.8. The van der Waals surface area contributed by atoms with Gasteiger partial charge in [-0.3, -0.25) is 38.5 Å². The number of aliphatic hydroxyl groups is 3. The first-order valence-electron chi connectivity index (χ1n) is 50.6. The summed E-state index contributed by atoms with van der Waals surface area (Å²) >= 11 is 0. The second kappa shape index (κ2) is 52.0. The molecule has 143 heavy (non-hydrogen) atoms. The van der Waals surface area contributed by atoms with E-state index in [-0.39, 0.29) is 98.6 Å². The van der Waals surface area contributed by atoms with E-state index in [0.29, 0.717) is 173 Å². The van der Waals surface area contributed by atoms with E-state index in [1.54, 1.807) is 72.8 Å². The number of benzene rings is 2. The number of esters is 2. The van der Waals surface area contributed by atoms with Gasteiger partial charge in [-0.05, 0) is 169 Å². The number of hydrogen-bond acceptors (Lipinski definition) is 34. The number of hydrogen-bond donors (Lipinski definition) is 6. The van der Waals surface area contributed by atoms with Gasteiger partial charge in [-0.1, -0.05) is 89.3 Å². The molecule has 0 spiro atoms. The fourth-order valence-corrected chi connectivity index (χ4v) is 20.0. The average molecular weight is 1980 g/mol. The normalized spacial score (nSPS) is 27.2. The first kappa shape index (κ1) is 109. The van der Waals surface area contributed by atoms with Crippen molar-refractivity contribution in [3.05, 3.63) is 143 Å². The van der Waals surface area contributed by atoms with Gasteiger partial charge in [0.2, 0.25) is 23.6 Å². The van der Waals surface area contributed by atoms with Crippen LogP contribution in [0.5, 0.6) is 0 Å². The number of piperazine rings is 2. The molecule has 38 nitrogen and oxygen atoms in total. The number of cyclic esters (lactones) is 1. The van der Waals surface area contributed by atoms with Gasteiger partial charge in [0.25, 0.3) is 23.6 Å². The fraction of sp³-hybridized carbons (Fsp3) is 0.600. The third kappa shape index (κ3) is 29.3. The molecule has 16 atom stereocenters. The van der Waals surface area contributed by atoms with Crippen LogP contribution in [0.4, 0.5) is 23.7 Å². The number of allylic oxidation sites excluding steroid dienone is 5. The molecule has 0 radical (unpaired) electrons. The minimum atomic E-state index is -2.46. The molecule has 38 heteroatoms. The zero-order valence-electron chi connectivity index (χ0n) is 84.9. The van der Waals surface area contributed by atoms with Gasteiger partial charge in [0.05, 0.1) is 61.7 Å². The third-order valence-corrected chi connectivity index (χ3v) is 28.9. The fourth-order valence-electron chi connectivity index (χ4n) is 20.0. The molecule has 776 valence electrons. The van der Waals surface area contributed by atoms with Gasteiger partial charge in [0.1, 0.15) is 59.6 Å². The zero-order chi connectivity index (χ0) is 102. The predicted octanol–water partition coefficient (Wildman–Crippen LogP) is 9.52. The highest BCUT2D eigenvalue weighted by Crippen LogP contribution is 2.41. The monoisotopic (exact) mass is 1980 g/mol. The number of aliphatic hydroxyl groups excluding tert-OH is 2. The molecule has 7 aromatic rings. The minimum absolute atomic E-state index is 0.00209. The Morgan fingerprint density at radius 1 is 0.706 bits per heavy atom. The van der Waals surface area contributed by atoms with Gasteiger partial charge in [0.15, 0.2) is 17.0 Å². The highest BCUT2D eigenvalue weighted by atomic mass is 16.6. The summed E-state index contributed by atoms with van der Waals surface area (Å²) in [6.07, 6.45) is 19.9. The highest BCUT2D eigenvalue weighted by molar-refractivity contribution is 6.39. The second-order valence-corrected chi connectivity index (χ2v) is 39.6. The highest BCUT2D eigenvalue weighted by Gasteiger charge is 2.54. The van der Waals surface area contributed by atoms with Crippen LogP contribution in [0, 0.1) is 35.5 Å². The van der Waals surface area contributed by atoms with Gasteiger partial charge in [-0.15, -0.1) is 0 Å². The van der Waals surface area contributed by atoms with Crippen LogP contribution in [-0.4, -0.2) is 314 Å². The van der Waals surface area contributed by atoms with Crippen LogP contribution in [0.15, 0.2) is 120 Å². The van der Waals surface area contributed by atoms with Crippen LogP contribution in [-0.2, 0) is 97.5 Å². The number of nitrogens with two attached hydrogens (primary N) is 2. The summed E-state index contributed by atoms with van der Waals surface area (Å²) in [5, 5.41) is 44.2. The number of amides is 3. The number of carbonyl (C=O) groups is 8. The number of likely N-dealkylation sites (N-methyl/N-ethyl adjacent to an activating group) is 1. The summed E-state index contributed by atoms with van der Waals surface area (Å²) < 4.78 is 54.6. The number of ether oxygens (including phenoxy) is 8. The lowest BCUT2D eigenvalue weighted by Gasteiger charge is -2.43. The molecule has 2 aromatic carbocycles. The molecule has 5 aromatic heterocycles. The molecular formula is C105H146N18O20. The van der Waals surface area contributed by atoms with Crippen molar-refractivity contribution in [2.45, 2.75) is 245 Å². The largest absolute Gasteiger partial charge is 0.460 e. The molecule has 1 aliphatic carbocycles. The van der Waals surface area contributed by atoms with Crippen molar-refractivity contribution in [2.75, 3.05) is 148 Å². The molecule has 5 fully saturated rings. The van der Waals surface area contributed by atoms with E-state index >= 15 is 0 Å². The van der Waals surface area contributed by atoms with Gasteiger partial charge in [-0.25, -0.2) is 39.4 Å². The number of carbonyl (C=O) groups excluding carboxylic acids is 8. The number of methoxy groups -OCH3 is 3. The van der Waals surface area contributed by atoms with E-state index in [9.17, 15) is 53.7 Å². The Labute approximate surface area is 836 Å². The Morgan fingerprint density at radius 3 is 2.16 bits per heavy atom. The Kier molecular flexibility index (Phi) is 39.6. The molecule has 14 rings (SSSR count). The topological polar surface area (TPSA) is 476 Å². The van der Waals surface area contributed by atoms with Crippen LogP contribution < -0.4 is 26.6 Å². The molecule has 11 heterocycles. The number of fused-ring (bicyclic) bond motifs is 6. The van der Waals surface area contributed by atoms with Crippen molar-refractivity contribution in [2.24, 2.45) is 35.5 Å². The van der Waals surface area contributed by atoms with Crippen molar-refractivity contribution in [1.82, 2.24) is 69.6 Å². The van der Waals surface area contributed by atoms with Crippen molar-refractivity contribution in [3.8, 4) is 11.3 Å². The molecule has 2 bridgehead atoms.